The maximum absolute atomic E-state index is 14.7. The van der Waals surface area contributed by atoms with Crippen LogP contribution in [-0.2, 0) is 0 Å². The summed E-state index contributed by atoms with van der Waals surface area (Å²) in [6, 6.07) is 6.79. The Balaban J connectivity index is 1.44. The molecule has 0 aliphatic heterocycles. The first-order chi connectivity index (χ1) is 15.7. The molecule has 0 N–H and O–H groups in total. The van der Waals surface area contributed by atoms with Gasteiger partial charge >= 0.3 is 0 Å². The average molecular weight is 468 g/mol. The van der Waals surface area contributed by atoms with E-state index in [1.54, 1.807) is 0 Å². The van der Waals surface area contributed by atoms with Crippen LogP contribution in [0.2, 0.25) is 0 Å². The molecule has 1 fully saturated rings. The molecule has 4 rings (SSSR count). The van der Waals surface area contributed by atoms with Crippen molar-refractivity contribution in [2.75, 3.05) is 6.61 Å². The van der Waals surface area contributed by atoms with E-state index >= 15 is 0 Å². The van der Waals surface area contributed by atoms with Gasteiger partial charge in [-0.25, -0.2) is 30.7 Å². The lowest BCUT2D eigenvalue weighted by Gasteiger charge is -2.29. The standard InChI is InChI=1S/C25H19F7O/c26-17-2-1-3-18(27)25(17)33-12-13-4-6-14(7-5-13)15-8-19(28)23(20(29)9-15)16-10-21(30)24(32)22(31)11-16/h1-3,8-11,13-14H,4-7,12H2. The molecule has 3 aromatic carbocycles. The van der Waals surface area contributed by atoms with Gasteiger partial charge in [0.1, 0.15) is 11.6 Å². The molecule has 0 amide bonds. The zero-order valence-electron chi connectivity index (χ0n) is 17.3. The molecule has 0 radical (unpaired) electrons. The molecular weight excluding hydrogens is 449 g/mol. The predicted octanol–water partition coefficient (Wildman–Crippen LogP) is 7.68. The SMILES string of the molecule is Fc1cc(-c2c(F)cc(C3CCC(COc4c(F)cccc4F)CC3)cc2F)cc(F)c1F. The van der Waals surface area contributed by atoms with Gasteiger partial charge in [0.05, 0.1) is 12.2 Å². The predicted molar refractivity (Wildman–Crippen MR) is 108 cm³/mol. The third kappa shape index (κ3) is 4.84. The molecule has 1 aliphatic rings. The van der Waals surface area contributed by atoms with Gasteiger partial charge < -0.3 is 4.74 Å². The van der Waals surface area contributed by atoms with Crippen LogP contribution < -0.4 is 4.74 Å². The number of rotatable bonds is 5. The number of hydrogen-bond donors (Lipinski definition) is 0. The number of para-hydroxylation sites is 1. The van der Waals surface area contributed by atoms with Crippen LogP contribution in [-0.4, -0.2) is 6.61 Å². The van der Waals surface area contributed by atoms with E-state index in [2.05, 4.69) is 0 Å². The molecule has 0 spiro atoms. The molecular formula is C25H19F7O. The second-order valence-electron chi connectivity index (χ2n) is 8.19. The fourth-order valence-electron chi connectivity index (χ4n) is 4.29. The highest BCUT2D eigenvalue weighted by atomic mass is 19.2. The van der Waals surface area contributed by atoms with E-state index in [1.807, 2.05) is 0 Å². The van der Waals surface area contributed by atoms with E-state index in [9.17, 15) is 30.7 Å². The van der Waals surface area contributed by atoms with E-state index in [1.165, 1.54) is 6.07 Å². The smallest absolute Gasteiger partial charge is 0.194 e. The average Bonchev–Trinajstić information content (AvgIpc) is 2.77. The lowest BCUT2D eigenvalue weighted by Crippen LogP contribution is -2.20. The molecule has 0 atom stereocenters. The van der Waals surface area contributed by atoms with Crippen molar-refractivity contribution in [2.24, 2.45) is 5.92 Å². The van der Waals surface area contributed by atoms with Gasteiger partial charge in [-0.3, -0.25) is 0 Å². The Kier molecular flexibility index (Phi) is 6.63. The lowest BCUT2D eigenvalue weighted by molar-refractivity contribution is 0.188. The molecule has 0 aromatic heterocycles. The Hall–Kier alpha value is -3.03. The normalized spacial score (nSPS) is 18.4. The largest absolute Gasteiger partial charge is 0.487 e. The zero-order valence-corrected chi connectivity index (χ0v) is 17.3. The molecule has 1 saturated carbocycles. The fraction of sp³-hybridized carbons (Fsp3) is 0.280. The summed E-state index contributed by atoms with van der Waals surface area (Å²) >= 11 is 0. The molecule has 3 aromatic rings. The second kappa shape index (κ2) is 9.45. The summed E-state index contributed by atoms with van der Waals surface area (Å²) in [4.78, 5) is 0. The van der Waals surface area contributed by atoms with E-state index in [0.717, 1.165) is 24.3 Å². The minimum Gasteiger partial charge on any atom is -0.487 e. The molecule has 1 nitrogen and oxygen atoms in total. The number of hydrogen-bond acceptors (Lipinski definition) is 1. The zero-order chi connectivity index (χ0) is 23.7. The van der Waals surface area contributed by atoms with Gasteiger partial charge in [-0.15, -0.1) is 0 Å². The first-order valence-electron chi connectivity index (χ1n) is 10.4. The summed E-state index contributed by atoms with van der Waals surface area (Å²) in [5, 5.41) is 0. The van der Waals surface area contributed by atoms with Crippen LogP contribution in [0.5, 0.6) is 5.75 Å². The van der Waals surface area contributed by atoms with Gasteiger partial charge in [-0.1, -0.05) is 6.07 Å². The van der Waals surface area contributed by atoms with E-state index in [4.69, 9.17) is 4.74 Å². The highest BCUT2D eigenvalue weighted by molar-refractivity contribution is 5.65. The highest BCUT2D eigenvalue weighted by Crippen LogP contribution is 2.39. The van der Waals surface area contributed by atoms with E-state index in [0.29, 0.717) is 43.4 Å². The monoisotopic (exact) mass is 468 g/mol. The van der Waals surface area contributed by atoms with Crippen molar-refractivity contribution in [1.29, 1.82) is 0 Å². The van der Waals surface area contributed by atoms with Crippen molar-refractivity contribution in [2.45, 2.75) is 31.6 Å². The van der Waals surface area contributed by atoms with E-state index in [-0.39, 0.29) is 18.4 Å². The van der Waals surface area contributed by atoms with Crippen molar-refractivity contribution in [3.63, 3.8) is 0 Å². The summed E-state index contributed by atoms with van der Waals surface area (Å²) in [5.41, 5.74) is -0.670. The van der Waals surface area contributed by atoms with Crippen LogP contribution in [0.3, 0.4) is 0 Å². The maximum Gasteiger partial charge on any atom is 0.194 e. The minimum absolute atomic E-state index is 0.0272. The third-order valence-electron chi connectivity index (χ3n) is 6.04. The summed E-state index contributed by atoms with van der Waals surface area (Å²) < 4.78 is 102. The Bertz CT molecular complexity index is 1100. The summed E-state index contributed by atoms with van der Waals surface area (Å²) in [5.74, 6) is -8.92. The van der Waals surface area contributed by atoms with Crippen LogP contribution in [0, 0.1) is 46.6 Å². The van der Waals surface area contributed by atoms with Crippen LogP contribution in [0.25, 0.3) is 11.1 Å². The highest BCUT2D eigenvalue weighted by Gasteiger charge is 2.26. The molecule has 0 bridgehead atoms. The molecule has 33 heavy (non-hydrogen) atoms. The quantitative estimate of drug-likeness (QED) is 0.276. The van der Waals surface area contributed by atoms with E-state index < -0.39 is 57.6 Å². The lowest BCUT2D eigenvalue weighted by atomic mass is 9.78. The topological polar surface area (TPSA) is 9.23 Å². The van der Waals surface area contributed by atoms with Crippen LogP contribution in [0.1, 0.15) is 37.2 Å². The van der Waals surface area contributed by atoms with Crippen molar-refractivity contribution >= 4 is 0 Å². The number of halogens is 7. The van der Waals surface area contributed by atoms with Gasteiger partial charge in [-0.05, 0) is 85.0 Å². The Labute approximate surface area is 185 Å². The third-order valence-corrected chi connectivity index (χ3v) is 6.04. The van der Waals surface area contributed by atoms with Crippen molar-refractivity contribution in [1.82, 2.24) is 0 Å². The molecule has 0 saturated heterocycles. The minimum atomic E-state index is -1.71. The molecule has 0 unspecified atom stereocenters. The summed E-state index contributed by atoms with van der Waals surface area (Å²) in [6.45, 7) is 0.119. The Morgan fingerprint density at radius 1 is 0.667 bits per heavy atom. The van der Waals surface area contributed by atoms with Gasteiger partial charge in [0, 0.05) is 0 Å². The van der Waals surface area contributed by atoms with Crippen LogP contribution >= 0.6 is 0 Å². The van der Waals surface area contributed by atoms with Gasteiger partial charge in [0.2, 0.25) is 0 Å². The molecule has 1 aliphatic carbocycles. The van der Waals surface area contributed by atoms with Crippen molar-refractivity contribution < 1.29 is 35.5 Å². The Morgan fingerprint density at radius 2 is 1.21 bits per heavy atom. The summed E-state index contributed by atoms with van der Waals surface area (Å²) in [7, 11) is 0. The summed E-state index contributed by atoms with van der Waals surface area (Å²) in [6.07, 6.45) is 2.40. The van der Waals surface area contributed by atoms with Gasteiger partial charge in [0.15, 0.2) is 34.8 Å². The molecule has 174 valence electrons. The molecule has 0 heterocycles. The van der Waals surface area contributed by atoms with Crippen LogP contribution in [0.15, 0.2) is 42.5 Å². The first kappa shape index (κ1) is 23.1. The van der Waals surface area contributed by atoms with Crippen LogP contribution in [0.4, 0.5) is 30.7 Å². The fourth-order valence-corrected chi connectivity index (χ4v) is 4.29. The molecule has 8 heteroatoms. The maximum atomic E-state index is 14.7. The first-order valence-corrected chi connectivity index (χ1v) is 10.4. The Morgan fingerprint density at radius 3 is 1.76 bits per heavy atom. The second-order valence-corrected chi connectivity index (χ2v) is 8.19. The van der Waals surface area contributed by atoms with Gasteiger partial charge in [0.25, 0.3) is 0 Å². The van der Waals surface area contributed by atoms with Crippen molar-refractivity contribution in [3.8, 4) is 16.9 Å². The number of ether oxygens (including phenoxy) is 1. The number of benzene rings is 3. The van der Waals surface area contributed by atoms with Gasteiger partial charge in [-0.2, -0.15) is 0 Å². The van der Waals surface area contributed by atoms with Crippen molar-refractivity contribution in [3.05, 3.63) is 88.7 Å².